The highest BCUT2D eigenvalue weighted by atomic mass is 79.9. The van der Waals surface area contributed by atoms with Gasteiger partial charge < -0.3 is 5.32 Å². The Labute approximate surface area is 127 Å². The van der Waals surface area contributed by atoms with Gasteiger partial charge in [0.25, 0.3) is 0 Å². The summed E-state index contributed by atoms with van der Waals surface area (Å²) in [5.74, 6) is 0.0591. The lowest BCUT2D eigenvalue weighted by Crippen LogP contribution is -2.00. The molecule has 3 nitrogen and oxygen atoms in total. The van der Waals surface area contributed by atoms with E-state index in [0.717, 1.165) is 12.8 Å². The number of aromatic nitrogens is 2. The van der Waals surface area contributed by atoms with E-state index in [-0.39, 0.29) is 10.2 Å². The number of nitrogens with zero attached hydrogens (tertiary/aromatic N) is 2. The van der Waals surface area contributed by atoms with Crippen LogP contribution in [-0.4, -0.2) is 9.97 Å². The molecule has 1 heterocycles. The lowest BCUT2D eigenvalue weighted by atomic mass is 10.3. The van der Waals surface area contributed by atoms with Gasteiger partial charge in [0.15, 0.2) is 0 Å². The van der Waals surface area contributed by atoms with Crippen molar-refractivity contribution in [2.75, 3.05) is 5.32 Å². The van der Waals surface area contributed by atoms with E-state index in [1.807, 2.05) is 0 Å². The number of hydrogen-bond donors (Lipinski definition) is 1. The minimum Gasteiger partial charge on any atom is -0.340 e. The summed E-state index contributed by atoms with van der Waals surface area (Å²) in [4.78, 5) is 8.45. The van der Waals surface area contributed by atoms with E-state index in [9.17, 15) is 8.78 Å². The lowest BCUT2D eigenvalue weighted by molar-refractivity contribution is 0.573. The third-order valence-electron chi connectivity index (χ3n) is 2.91. The van der Waals surface area contributed by atoms with E-state index >= 15 is 0 Å². The molecule has 0 atom stereocenters. The van der Waals surface area contributed by atoms with Gasteiger partial charge in [0.2, 0.25) is 0 Å². The molecule has 7 heteroatoms. The minimum atomic E-state index is -0.685. The molecule has 1 aliphatic carbocycles. The molecule has 0 amide bonds. The molecule has 0 spiro atoms. The van der Waals surface area contributed by atoms with Crippen molar-refractivity contribution in [2.24, 2.45) is 0 Å². The van der Waals surface area contributed by atoms with Crippen molar-refractivity contribution in [1.29, 1.82) is 0 Å². The van der Waals surface area contributed by atoms with Gasteiger partial charge in [-0.3, -0.25) is 0 Å². The minimum absolute atomic E-state index is 0.192. The number of rotatable bonds is 3. The molecule has 0 unspecified atom stereocenters. The van der Waals surface area contributed by atoms with Gasteiger partial charge in [0, 0.05) is 17.7 Å². The molecule has 1 aliphatic rings. The van der Waals surface area contributed by atoms with E-state index < -0.39 is 11.6 Å². The molecule has 1 saturated carbocycles. The van der Waals surface area contributed by atoms with Gasteiger partial charge in [-0.1, -0.05) is 11.6 Å². The van der Waals surface area contributed by atoms with Crippen molar-refractivity contribution < 1.29 is 8.78 Å². The Kier molecular flexibility index (Phi) is 3.60. The van der Waals surface area contributed by atoms with E-state index in [1.165, 1.54) is 18.2 Å². The Hall–Kier alpha value is -1.27. The Balaban J connectivity index is 1.91. The lowest BCUT2D eigenvalue weighted by Gasteiger charge is -2.09. The van der Waals surface area contributed by atoms with Crippen LogP contribution in [0.15, 0.2) is 22.7 Å². The number of halogens is 4. The molecule has 2 aromatic rings. The Morgan fingerprint density at radius 1 is 1.15 bits per heavy atom. The number of benzene rings is 1. The molecule has 0 aliphatic heterocycles. The molecule has 0 saturated heterocycles. The summed E-state index contributed by atoms with van der Waals surface area (Å²) in [7, 11) is 0. The summed E-state index contributed by atoms with van der Waals surface area (Å²) in [6.45, 7) is 0. The Morgan fingerprint density at radius 3 is 2.40 bits per heavy atom. The first-order chi connectivity index (χ1) is 9.52. The highest BCUT2D eigenvalue weighted by Gasteiger charge is 2.27. The van der Waals surface area contributed by atoms with Crippen molar-refractivity contribution in [3.05, 3.63) is 45.3 Å². The predicted molar refractivity (Wildman–Crippen MR) is 76.4 cm³/mol. The van der Waals surface area contributed by atoms with Gasteiger partial charge in [0.05, 0.1) is 4.47 Å². The molecule has 1 fully saturated rings. The molecule has 1 aromatic heterocycles. The van der Waals surface area contributed by atoms with Crippen LogP contribution in [0.2, 0.25) is 5.15 Å². The summed E-state index contributed by atoms with van der Waals surface area (Å²) in [5, 5.41) is 3.15. The molecule has 0 radical (unpaired) electrons. The molecule has 104 valence electrons. The van der Waals surface area contributed by atoms with Crippen LogP contribution in [0, 0.1) is 11.6 Å². The third kappa shape index (κ3) is 2.91. The van der Waals surface area contributed by atoms with Crippen molar-refractivity contribution in [3.63, 3.8) is 0 Å². The smallest absolute Gasteiger partial charge is 0.142 e. The van der Waals surface area contributed by atoms with Crippen LogP contribution in [0.1, 0.15) is 24.6 Å². The van der Waals surface area contributed by atoms with Crippen LogP contribution in [0.3, 0.4) is 0 Å². The maximum Gasteiger partial charge on any atom is 0.142 e. The van der Waals surface area contributed by atoms with Crippen molar-refractivity contribution in [3.8, 4) is 0 Å². The van der Waals surface area contributed by atoms with Crippen LogP contribution in [0.4, 0.5) is 20.3 Å². The second-order valence-electron chi connectivity index (χ2n) is 4.59. The summed E-state index contributed by atoms with van der Waals surface area (Å²) >= 11 is 8.75. The first-order valence-corrected chi connectivity index (χ1v) is 7.16. The van der Waals surface area contributed by atoms with Crippen molar-refractivity contribution in [2.45, 2.75) is 18.8 Å². The fraction of sp³-hybridized carbons (Fsp3) is 0.231. The SMILES string of the molecule is Fc1cc(Nc2cc(Cl)nc(C3CC3)n2)cc(F)c1Br. The Morgan fingerprint density at radius 2 is 1.80 bits per heavy atom. The second kappa shape index (κ2) is 5.26. The molecule has 3 rings (SSSR count). The van der Waals surface area contributed by atoms with Gasteiger partial charge in [-0.05, 0) is 40.9 Å². The van der Waals surface area contributed by atoms with E-state index in [4.69, 9.17) is 11.6 Å². The van der Waals surface area contributed by atoms with E-state index in [0.29, 0.717) is 22.7 Å². The number of hydrogen-bond acceptors (Lipinski definition) is 3. The molecule has 0 bridgehead atoms. The largest absolute Gasteiger partial charge is 0.340 e. The molecular formula is C13H9BrClF2N3. The van der Waals surface area contributed by atoms with Crippen molar-refractivity contribution >= 4 is 39.0 Å². The maximum absolute atomic E-state index is 13.5. The van der Waals surface area contributed by atoms with Gasteiger partial charge in [-0.2, -0.15) is 0 Å². The topological polar surface area (TPSA) is 37.8 Å². The van der Waals surface area contributed by atoms with Crippen molar-refractivity contribution in [1.82, 2.24) is 9.97 Å². The average molecular weight is 361 g/mol. The van der Waals surface area contributed by atoms with Gasteiger partial charge >= 0.3 is 0 Å². The molecule has 1 N–H and O–H groups in total. The average Bonchev–Trinajstić information content (AvgIpc) is 3.19. The summed E-state index contributed by atoms with van der Waals surface area (Å²) < 4.78 is 26.7. The third-order valence-corrected chi connectivity index (χ3v) is 3.86. The first kappa shape index (κ1) is 13.7. The maximum atomic E-state index is 13.5. The van der Waals surface area contributed by atoms with E-state index in [2.05, 4.69) is 31.2 Å². The normalized spacial score (nSPS) is 14.4. The van der Waals surface area contributed by atoms with Gasteiger partial charge in [0.1, 0.15) is 28.4 Å². The molecular weight excluding hydrogens is 352 g/mol. The zero-order valence-electron chi connectivity index (χ0n) is 10.1. The Bertz CT molecular complexity index is 654. The molecule has 1 aromatic carbocycles. The summed E-state index contributed by atoms with van der Waals surface area (Å²) in [5.41, 5.74) is 0.264. The first-order valence-electron chi connectivity index (χ1n) is 5.99. The highest BCUT2D eigenvalue weighted by molar-refractivity contribution is 9.10. The van der Waals surface area contributed by atoms with Gasteiger partial charge in [-0.25, -0.2) is 18.7 Å². The predicted octanol–water partition coefficient (Wildman–Crippen LogP) is 4.79. The van der Waals surface area contributed by atoms with Crippen LogP contribution in [0.5, 0.6) is 0 Å². The monoisotopic (exact) mass is 359 g/mol. The second-order valence-corrected chi connectivity index (χ2v) is 5.77. The van der Waals surface area contributed by atoms with Crippen LogP contribution >= 0.6 is 27.5 Å². The molecule has 20 heavy (non-hydrogen) atoms. The summed E-state index contributed by atoms with van der Waals surface area (Å²) in [6.07, 6.45) is 2.09. The zero-order valence-corrected chi connectivity index (χ0v) is 12.5. The standard InChI is InChI=1S/C13H9BrClF2N3/c14-12-8(16)3-7(4-9(12)17)18-11-5-10(15)19-13(20-11)6-1-2-6/h3-6H,1-2H2,(H,18,19,20). The zero-order chi connectivity index (χ0) is 14.3. The number of nitrogens with one attached hydrogen (secondary N) is 1. The fourth-order valence-corrected chi connectivity index (χ4v) is 2.22. The van der Waals surface area contributed by atoms with E-state index in [1.54, 1.807) is 0 Å². The van der Waals surface area contributed by atoms with Crippen LogP contribution < -0.4 is 5.32 Å². The van der Waals surface area contributed by atoms with Gasteiger partial charge in [-0.15, -0.1) is 0 Å². The van der Waals surface area contributed by atoms with Crippen LogP contribution in [0.25, 0.3) is 0 Å². The highest BCUT2D eigenvalue weighted by Crippen LogP contribution is 2.39. The quantitative estimate of drug-likeness (QED) is 0.631. The number of anilines is 2. The summed E-state index contributed by atoms with van der Waals surface area (Å²) in [6, 6.07) is 3.88. The van der Waals surface area contributed by atoms with Crippen LogP contribution in [-0.2, 0) is 0 Å². The fourth-order valence-electron chi connectivity index (χ4n) is 1.80.